The molecule has 1 atom stereocenters. The number of benzene rings is 2. The van der Waals surface area contributed by atoms with Crippen molar-refractivity contribution in [2.24, 2.45) is 0 Å². The SMILES string of the molecule is COc1ccc(C(O)CN2CCN(c3ccccc3C)CC2)cc1. The summed E-state index contributed by atoms with van der Waals surface area (Å²) in [4.78, 5) is 4.77. The van der Waals surface area contributed by atoms with Crippen molar-refractivity contribution in [2.45, 2.75) is 13.0 Å². The van der Waals surface area contributed by atoms with E-state index in [1.807, 2.05) is 24.3 Å². The lowest BCUT2D eigenvalue weighted by Gasteiger charge is -2.37. The Labute approximate surface area is 144 Å². The Morgan fingerprint density at radius 1 is 1.00 bits per heavy atom. The van der Waals surface area contributed by atoms with Crippen LogP contribution < -0.4 is 9.64 Å². The Morgan fingerprint density at radius 2 is 1.67 bits per heavy atom. The third-order valence-electron chi connectivity index (χ3n) is 4.76. The lowest BCUT2D eigenvalue weighted by molar-refractivity contribution is 0.109. The highest BCUT2D eigenvalue weighted by atomic mass is 16.5. The molecule has 0 radical (unpaired) electrons. The van der Waals surface area contributed by atoms with Crippen LogP contribution in [0.2, 0.25) is 0 Å². The summed E-state index contributed by atoms with van der Waals surface area (Å²) in [5.74, 6) is 0.817. The first kappa shape index (κ1) is 16.8. The molecule has 1 fully saturated rings. The number of rotatable bonds is 5. The number of hydrogen-bond acceptors (Lipinski definition) is 4. The molecule has 1 N–H and O–H groups in total. The number of aliphatic hydroxyl groups is 1. The van der Waals surface area contributed by atoms with Crippen molar-refractivity contribution in [3.05, 3.63) is 59.7 Å². The number of anilines is 1. The second-order valence-electron chi connectivity index (χ2n) is 6.36. The predicted molar refractivity (Wildman–Crippen MR) is 97.8 cm³/mol. The van der Waals surface area contributed by atoms with Crippen molar-refractivity contribution in [1.29, 1.82) is 0 Å². The summed E-state index contributed by atoms with van der Waals surface area (Å²) in [5, 5.41) is 10.5. The Morgan fingerprint density at radius 3 is 2.29 bits per heavy atom. The molecule has 1 heterocycles. The highest BCUT2D eigenvalue weighted by Crippen LogP contribution is 2.22. The van der Waals surface area contributed by atoms with Crippen LogP contribution >= 0.6 is 0 Å². The first-order valence-electron chi connectivity index (χ1n) is 8.52. The van der Waals surface area contributed by atoms with E-state index in [1.165, 1.54) is 11.3 Å². The molecule has 1 aliphatic rings. The van der Waals surface area contributed by atoms with Gasteiger partial charge < -0.3 is 14.7 Å². The van der Waals surface area contributed by atoms with E-state index in [0.717, 1.165) is 37.5 Å². The molecule has 0 bridgehead atoms. The molecule has 128 valence electrons. The third-order valence-corrected chi connectivity index (χ3v) is 4.76. The van der Waals surface area contributed by atoms with E-state index in [2.05, 4.69) is 41.0 Å². The van der Waals surface area contributed by atoms with Gasteiger partial charge in [0, 0.05) is 38.4 Å². The summed E-state index contributed by atoms with van der Waals surface area (Å²) in [5.41, 5.74) is 3.59. The van der Waals surface area contributed by atoms with E-state index in [1.54, 1.807) is 7.11 Å². The van der Waals surface area contributed by atoms with Gasteiger partial charge in [0.05, 0.1) is 13.2 Å². The molecule has 4 nitrogen and oxygen atoms in total. The summed E-state index contributed by atoms with van der Waals surface area (Å²) < 4.78 is 5.16. The van der Waals surface area contributed by atoms with Crippen molar-refractivity contribution < 1.29 is 9.84 Å². The van der Waals surface area contributed by atoms with E-state index in [0.29, 0.717) is 6.54 Å². The molecule has 1 aliphatic heterocycles. The first-order chi connectivity index (χ1) is 11.7. The topological polar surface area (TPSA) is 35.9 Å². The average Bonchev–Trinajstić information content (AvgIpc) is 2.63. The van der Waals surface area contributed by atoms with Crippen LogP contribution in [0.4, 0.5) is 5.69 Å². The lowest BCUT2D eigenvalue weighted by Crippen LogP contribution is -2.47. The summed E-state index contributed by atoms with van der Waals surface area (Å²) >= 11 is 0. The zero-order valence-electron chi connectivity index (χ0n) is 14.5. The van der Waals surface area contributed by atoms with E-state index in [-0.39, 0.29) is 0 Å². The number of aliphatic hydroxyl groups excluding tert-OH is 1. The lowest BCUT2D eigenvalue weighted by atomic mass is 10.1. The third kappa shape index (κ3) is 3.89. The molecular weight excluding hydrogens is 300 g/mol. The molecule has 3 rings (SSSR count). The number of nitrogens with zero attached hydrogens (tertiary/aromatic N) is 2. The van der Waals surface area contributed by atoms with Crippen LogP contribution in [0.25, 0.3) is 0 Å². The van der Waals surface area contributed by atoms with Gasteiger partial charge >= 0.3 is 0 Å². The van der Waals surface area contributed by atoms with Crippen molar-refractivity contribution in [3.63, 3.8) is 0 Å². The molecular formula is C20H26N2O2. The molecule has 0 aromatic heterocycles. The predicted octanol–water partition coefficient (Wildman–Crippen LogP) is 2.86. The first-order valence-corrected chi connectivity index (χ1v) is 8.52. The maximum Gasteiger partial charge on any atom is 0.118 e. The Bertz CT molecular complexity index is 649. The fraction of sp³-hybridized carbons (Fsp3) is 0.400. The van der Waals surface area contributed by atoms with E-state index in [4.69, 9.17) is 4.74 Å². The van der Waals surface area contributed by atoms with Gasteiger partial charge in [0.25, 0.3) is 0 Å². The van der Waals surface area contributed by atoms with Gasteiger partial charge in [-0.15, -0.1) is 0 Å². The second-order valence-corrected chi connectivity index (χ2v) is 6.36. The van der Waals surface area contributed by atoms with Crippen LogP contribution in [-0.2, 0) is 0 Å². The van der Waals surface area contributed by atoms with Gasteiger partial charge in [-0.2, -0.15) is 0 Å². The molecule has 2 aromatic carbocycles. The molecule has 0 aliphatic carbocycles. The largest absolute Gasteiger partial charge is 0.497 e. The van der Waals surface area contributed by atoms with Crippen molar-refractivity contribution >= 4 is 5.69 Å². The van der Waals surface area contributed by atoms with E-state index < -0.39 is 6.10 Å². The van der Waals surface area contributed by atoms with Gasteiger partial charge in [0.2, 0.25) is 0 Å². The fourth-order valence-corrected chi connectivity index (χ4v) is 3.27. The molecule has 2 aromatic rings. The maximum atomic E-state index is 10.5. The standard InChI is InChI=1S/C20H26N2O2/c1-16-5-3-4-6-19(16)22-13-11-21(12-14-22)15-20(23)17-7-9-18(24-2)10-8-17/h3-10,20,23H,11-15H2,1-2H3. The molecule has 1 saturated heterocycles. The second kappa shape index (κ2) is 7.69. The Kier molecular flexibility index (Phi) is 5.38. The number of β-amino-alcohol motifs (C(OH)–C–C–N with tert-alkyl or cyclic N) is 1. The van der Waals surface area contributed by atoms with Crippen LogP contribution in [0.3, 0.4) is 0 Å². The number of para-hydroxylation sites is 1. The van der Waals surface area contributed by atoms with Gasteiger partial charge in [-0.3, -0.25) is 4.90 Å². The summed E-state index contributed by atoms with van der Waals surface area (Å²) in [6.07, 6.45) is -0.457. The summed E-state index contributed by atoms with van der Waals surface area (Å²) in [7, 11) is 1.65. The Hall–Kier alpha value is -2.04. The van der Waals surface area contributed by atoms with Crippen molar-refractivity contribution in [1.82, 2.24) is 4.90 Å². The highest BCUT2D eigenvalue weighted by Gasteiger charge is 2.20. The van der Waals surface area contributed by atoms with Crippen molar-refractivity contribution in [3.8, 4) is 5.75 Å². The van der Waals surface area contributed by atoms with Gasteiger partial charge in [-0.05, 0) is 36.2 Å². The molecule has 24 heavy (non-hydrogen) atoms. The minimum absolute atomic E-state index is 0.457. The van der Waals surface area contributed by atoms with Crippen LogP contribution in [0.15, 0.2) is 48.5 Å². The molecule has 0 saturated carbocycles. The van der Waals surface area contributed by atoms with E-state index >= 15 is 0 Å². The highest BCUT2D eigenvalue weighted by molar-refractivity contribution is 5.53. The van der Waals surface area contributed by atoms with Crippen LogP contribution in [0, 0.1) is 6.92 Å². The molecule has 0 spiro atoms. The van der Waals surface area contributed by atoms with Crippen molar-refractivity contribution in [2.75, 3.05) is 44.7 Å². The van der Waals surface area contributed by atoms with Crippen LogP contribution in [0.5, 0.6) is 5.75 Å². The van der Waals surface area contributed by atoms with Gasteiger partial charge in [-0.25, -0.2) is 0 Å². The van der Waals surface area contributed by atoms with Gasteiger partial charge in [0.15, 0.2) is 0 Å². The van der Waals surface area contributed by atoms with Crippen LogP contribution in [-0.4, -0.2) is 49.8 Å². The average molecular weight is 326 g/mol. The molecule has 4 heteroatoms. The zero-order valence-corrected chi connectivity index (χ0v) is 14.5. The number of methoxy groups -OCH3 is 1. The molecule has 1 unspecified atom stereocenters. The van der Waals surface area contributed by atoms with E-state index in [9.17, 15) is 5.11 Å². The van der Waals surface area contributed by atoms with Gasteiger partial charge in [-0.1, -0.05) is 30.3 Å². The summed E-state index contributed by atoms with van der Waals surface area (Å²) in [6, 6.07) is 16.2. The maximum absolute atomic E-state index is 10.5. The van der Waals surface area contributed by atoms with Gasteiger partial charge in [0.1, 0.15) is 5.75 Å². The minimum atomic E-state index is -0.457. The van der Waals surface area contributed by atoms with Crippen LogP contribution in [0.1, 0.15) is 17.2 Å². The minimum Gasteiger partial charge on any atom is -0.497 e. The smallest absolute Gasteiger partial charge is 0.118 e. The monoisotopic (exact) mass is 326 g/mol. The molecule has 0 amide bonds. The Balaban J connectivity index is 1.54. The number of hydrogen-bond donors (Lipinski definition) is 1. The zero-order chi connectivity index (χ0) is 16.9. The quantitative estimate of drug-likeness (QED) is 0.916. The fourth-order valence-electron chi connectivity index (χ4n) is 3.27. The summed E-state index contributed by atoms with van der Waals surface area (Å²) in [6.45, 7) is 6.78. The normalized spacial score (nSPS) is 16.9. The number of aryl methyl sites for hydroxylation is 1. The number of piperazine rings is 1. The number of ether oxygens (including phenoxy) is 1.